The van der Waals surface area contributed by atoms with Crippen molar-refractivity contribution in [3.05, 3.63) is 83.9 Å². The summed E-state index contributed by atoms with van der Waals surface area (Å²) in [6.07, 6.45) is 1.68. The van der Waals surface area contributed by atoms with Gasteiger partial charge in [0.2, 0.25) is 11.8 Å². The van der Waals surface area contributed by atoms with Crippen molar-refractivity contribution in [2.45, 2.75) is 19.3 Å². The number of amides is 3. The maximum atomic E-state index is 12.5. The molecule has 1 aliphatic rings. The minimum atomic E-state index is -0.269. The summed E-state index contributed by atoms with van der Waals surface area (Å²) in [6, 6.07) is 21.4. The van der Waals surface area contributed by atoms with Crippen molar-refractivity contribution in [1.82, 2.24) is 0 Å². The molecular weight excluding hydrogens is 418 g/mol. The van der Waals surface area contributed by atoms with Crippen LogP contribution in [0.15, 0.2) is 72.8 Å². The van der Waals surface area contributed by atoms with Gasteiger partial charge in [0.05, 0.1) is 19.2 Å². The molecular formula is C26H25N3O4. The highest BCUT2D eigenvalue weighted by molar-refractivity contribution is 6.05. The second kappa shape index (κ2) is 9.99. The molecule has 4 rings (SSSR count). The third-order valence-corrected chi connectivity index (χ3v) is 5.47. The number of nitrogens with zero attached hydrogens (tertiary/aromatic N) is 1. The Morgan fingerprint density at radius 2 is 1.67 bits per heavy atom. The van der Waals surface area contributed by atoms with Crippen molar-refractivity contribution in [2.24, 2.45) is 0 Å². The van der Waals surface area contributed by atoms with Crippen LogP contribution in [0.3, 0.4) is 0 Å². The van der Waals surface area contributed by atoms with E-state index in [-0.39, 0.29) is 24.1 Å². The zero-order chi connectivity index (χ0) is 23.2. The number of methoxy groups -OCH3 is 1. The van der Waals surface area contributed by atoms with Gasteiger partial charge in [-0.05, 0) is 60.5 Å². The van der Waals surface area contributed by atoms with Crippen LogP contribution in [-0.2, 0) is 16.0 Å². The molecule has 0 unspecified atom stereocenters. The minimum absolute atomic E-state index is 0.139. The standard InChI is InChI=1S/C26H25N3O4/c1-33-23-6-3-2-5-22(23)28-26(32)19-10-12-20(13-11-19)27-24(30)17-18-8-14-21(15-9-18)29-16-4-7-25(29)31/h2-3,5-6,8-15H,4,7,16-17H2,1H3,(H,27,30)(H,28,32). The number of ether oxygens (including phenoxy) is 1. The van der Waals surface area contributed by atoms with Crippen molar-refractivity contribution >= 4 is 34.8 Å². The Morgan fingerprint density at radius 1 is 0.939 bits per heavy atom. The first-order chi connectivity index (χ1) is 16.0. The van der Waals surface area contributed by atoms with E-state index in [0.717, 1.165) is 24.2 Å². The smallest absolute Gasteiger partial charge is 0.255 e. The molecule has 7 heteroatoms. The Morgan fingerprint density at radius 3 is 2.33 bits per heavy atom. The lowest BCUT2D eigenvalue weighted by Gasteiger charge is -2.15. The van der Waals surface area contributed by atoms with Crippen LogP contribution >= 0.6 is 0 Å². The van der Waals surface area contributed by atoms with Gasteiger partial charge in [-0.15, -0.1) is 0 Å². The van der Waals surface area contributed by atoms with E-state index in [9.17, 15) is 14.4 Å². The lowest BCUT2D eigenvalue weighted by atomic mass is 10.1. The van der Waals surface area contributed by atoms with E-state index in [2.05, 4.69) is 10.6 Å². The van der Waals surface area contributed by atoms with E-state index in [1.807, 2.05) is 36.4 Å². The fraction of sp³-hybridized carbons (Fsp3) is 0.192. The minimum Gasteiger partial charge on any atom is -0.495 e. The average Bonchev–Trinajstić information content (AvgIpc) is 3.26. The van der Waals surface area contributed by atoms with Gasteiger partial charge in [0, 0.05) is 29.9 Å². The molecule has 3 amide bonds. The Hall–Kier alpha value is -4.13. The summed E-state index contributed by atoms with van der Waals surface area (Å²) in [6.45, 7) is 0.742. The lowest BCUT2D eigenvalue weighted by Crippen LogP contribution is -2.23. The Bertz CT molecular complexity index is 1160. The zero-order valence-electron chi connectivity index (χ0n) is 18.3. The zero-order valence-corrected chi connectivity index (χ0v) is 18.3. The largest absolute Gasteiger partial charge is 0.495 e. The molecule has 3 aromatic rings. The number of anilines is 3. The second-order valence-corrected chi connectivity index (χ2v) is 7.77. The molecule has 2 N–H and O–H groups in total. The van der Waals surface area contributed by atoms with Crippen LogP contribution < -0.4 is 20.3 Å². The van der Waals surface area contributed by atoms with E-state index < -0.39 is 0 Å². The molecule has 7 nitrogen and oxygen atoms in total. The number of para-hydroxylation sites is 2. The van der Waals surface area contributed by atoms with Crippen molar-refractivity contribution in [3.8, 4) is 5.75 Å². The van der Waals surface area contributed by atoms with Crippen LogP contribution in [0.25, 0.3) is 0 Å². The summed E-state index contributed by atoms with van der Waals surface area (Å²) in [4.78, 5) is 38.6. The Labute approximate surface area is 192 Å². The van der Waals surface area contributed by atoms with E-state index >= 15 is 0 Å². The predicted octanol–water partition coefficient (Wildman–Crippen LogP) is 4.26. The SMILES string of the molecule is COc1ccccc1NC(=O)c1ccc(NC(=O)Cc2ccc(N3CCCC3=O)cc2)cc1. The van der Waals surface area contributed by atoms with Gasteiger partial charge in [0.25, 0.3) is 5.91 Å². The fourth-order valence-electron chi connectivity index (χ4n) is 3.75. The third-order valence-electron chi connectivity index (χ3n) is 5.47. The van der Waals surface area contributed by atoms with Crippen molar-refractivity contribution in [2.75, 3.05) is 29.2 Å². The molecule has 1 fully saturated rings. The summed E-state index contributed by atoms with van der Waals surface area (Å²) in [7, 11) is 1.55. The number of carbonyl (C=O) groups is 3. The average molecular weight is 444 g/mol. The van der Waals surface area contributed by atoms with Gasteiger partial charge in [-0.3, -0.25) is 14.4 Å². The summed E-state index contributed by atoms with van der Waals surface area (Å²) in [5.41, 5.74) is 3.38. The molecule has 0 bridgehead atoms. The van der Waals surface area contributed by atoms with Gasteiger partial charge < -0.3 is 20.3 Å². The molecule has 0 radical (unpaired) electrons. The quantitative estimate of drug-likeness (QED) is 0.571. The van der Waals surface area contributed by atoms with Gasteiger partial charge in [0.15, 0.2) is 0 Å². The van der Waals surface area contributed by atoms with Crippen molar-refractivity contribution in [1.29, 1.82) is 0 Å². The van der Waals surface area contributed by atoms with Crippen LogP contribution in [0, 0.1) is 0 Å². The van der Waals surface area contributed by atoms with Gasteiger partial charge in [-0.2, -0.15) is 0 Å². The van der Waals surface area contributed by atoms with Crippen LogP contribution in [-0.4, -0.2) is 31.4 Å². The molecule has 0 aliphatic carbocycles. The highest BCUT2D eigenvalue weighted by atomic mass is 16.5. The van der Waals surface area contributed by atoms with Crippen LogP contribution in [0.2, 0.25) is 0 Å². The molecule has 168 valence electrons. The van der Waals surface area contributed by atoms with Crippen LogP contribution in [0.5, 0.6) is 5.75 Å². The molecule has 1 heterocycles. The highest BCUT2D eigenvalue weighted by Crippen LogP contribution is 2.24. The summed E-state index contributed by atoms with van der Waals surface area (Å²) >= 11 is 0. The predicted molar refractivity (Wildman–Crippen MR) is 128 cm³/mol. The Kier molecular flexibility index (Phi) is 6.69. The number of hydrogen-bond donors (Lipinski definition) is 2. The number of rotatable bonds is 7. The fourth-order valence-corrected chi connectivity index (χ4v) is 3.75. The monoisotopic (exact) mass is 443 g/mol. The van der Waals surface area contributed by atoms with E-state index in [4.69, 9.17) is 4.74 Å². The van der Waals surface area contributed by atoms with Gasteiger partial charge >= 0.3 is 0 Å². The van der Waals surface area contributed by atoms with Crippen molar-refractivity contribution in [3.63, 3.8) is 0 Å². The van der Waals surface area contributed by atoms with Gasteiger partial charge in [-0.25, -0.2) is 0 Å². The first kappa shape index (κ1) is 22.1. The third kappa shape index (κ3) is 5.38. The number of nitrogens with one attached hydrogen (secondary N) is 2. The summed E-state index contributed by atoms with van der Waals surface area (Å²) < 4.78 is 5.25. The molecule has 0 atom stereocenters. The van der Waals surface area contributed by atoms with Crippen molar-refractivity contribution < 1.29 is 19.1 Å². The van der Waals surface area contributed by atoms with Crippen LogP contribution in [0.4, 0.5) is 17.1 Å². The van der Waals surface area contributed by atoms with E-state index in [1.54, 1.807) is 48.4 Å². The highest BCUT2D eigenvalue weighted by Gasteiger charge is 2.21. The second-order valence-electron chi connectivity index (χ2n) is 7.77. The number of hydrogen-bond acceptors (Lipinski definition) is 4. The van der Waals surface area contributed by atoms with E-state index in [0.29, 0.717) is 29.1 Å². The topological polar surface area (TPSA) is 87.7 Å². The summed E-state index contributed by atoms with van der Waals surface area (Å²) in [5, 5.41) is 5.67. The summed E-state index contributed by atoms with van der Waals surface area (Å²) in [5.74, 6) is 0.287. The van der Waals surface area contributed by atoms with E-state index in [1.165, 1.54) is 0 Å². The lowest BCUT2D eigenvalue weighted by molar-refractivity contribution is -0.117. The molecule has 1 saturated heterocycles. The first-order valence-electron chi connectivity index (χ1n) is 10.8. The molecule has 33 heavy (non-hydrogen) atoms. The van der Waals surface area contributed by atoms with Gasteiger partial charge in [-0.1, -0.05) is 24.3 Å². The van der Waals surface area contributed by atoms with Gasteiger partial charge in [0.1, 0.15) is 5.75 Å². The number of carbonyl (C=O) groups excluding carboxylic acids is 3. The normalized spacial score (nSPS) is 13.0. The molecule has 3 aromatic carbocycles. The molecule has 0 aromatic heterocycles. The first-order valence-corrected chi connectivity index (χ1v) is 10.8. The Balaban J connectivity index is 1.32. The maximum absolute atomic E-state index is 12.5. The van der Waals surface area contributed by atoms with Crippen LogP contribution in [0.1, 0.15) is 28.8 Å². The maximum Gasteiger partial charge on any atom is 0.255 e. The number of benzene rings is 3. The molecule has 0 saturated carbocycles. The molecule has 0 spiro atoms. The molecule has 1 aliphatic heterocycles.